The van der Waals surface area contributed by atoms with E-state index in [1.54, 1.807) is 0 Å². The molecule has 0 unspecified atom stereocenters. The van der Waals surface area contributed by atoms with Crippen LogP contribution in [0.2, 0.25) is 18.1 Å². The molecular weight excluding hydrogens is 328 g/mol. The second-order valence-corrected chi connectivity index (χ2v) is 14.1. The zero-order chi connectivity index (χ0) is 17.9. The van der Waals surface area contributed by atoms with Crippen molar-refractivity contribution in [2.24, 2.45) is 5.73 Å². The largest absolute Gasteiger partial charge is 0.415 e. The Bertz CT molecular complexity index is 598. The standard InChI is InChI=1S/C16H30N2O3SSi/c1-16(2,3)23(5,6)21-12-14(17)15(18-22(4,19)20)13-10-8-7-9-11-13/h7-11,14-15,18H,12,17H2,1-6H3/t14-,15+/m1/s1. The number of nitrogens with one attached hydrogen (secondary N) is 1. The van der Waals surface area contributed by atoms with Gasteiger partial charge < -0.3 is 10.2 Å². The van der Waals surface area contributed by atoms with Crippen LogP contribution in [-0.4, -0.2) is 35.6 Å². The van der Waals surface area contributed by atoms with Crippen molar-refractivity contribution >= 4 is 18.3 Å². The van der Waals surface area contributed by atoms with Gasteiger partial charge in [-0.3, -0.25) is 0 Å². The summed E-state index contributed by atoms with van der Waals surface area (Å²) < 4.78 is 32.1. The molecule has 0 aliphatic heterocycles. The monoisotopic (exact) mass is 358 g/mol. The molecule has 0 fully saturated rings. The minimum atomic E-state index is -3.37. The maximum absolute atomic E-state index is 11.7. The highest BCUT2D eigenvalue weighted by molar-refractivity contribution is 7.88. The molecule has 0 amide bonds. The molecule has 0 saturated heterocycles. The van der Waals surface area contributed by atoms with Crippen LogP contribution in [0, 0.1) is 0 Å². The first-order chi connectivity index (χ1) is 10.3. The highest BCUT2D eigenvalue weighted by atomic mass is 32.2. The predicted octanol–water partition coefficient (Wildman–Crippen LogP) is 2.63. The number of rotatable bonds is 7. The number of hydrogen-bond donors (Lipinski definition) is 2. The summed E-state index contributed by atoms with van der Waals surface area (Å²) in [5.41, 5.74) is 7.12. The molecule has 0 aromatic heterocycles. The van der Waals surface area contributed by atoms with E-state index in [1.807, 2.05) is 30.3 Å². The van der Waals surface area contributed by atoms with Crippen molar-refractivity contribution in [3.05, 3.63) is 35.9 Å². The van der Waals surface area contributed by atoms with Crippen LogP contribution < -0.4 is 10.5 Å². The Labute approximate surface area is 141 Å². The van der Waals surface area contributed by atoms with E-state index in [2.05, 4.69) is 38.6 Å². The van der Waals surface area contributed by atoms with Gasteiger partial charge in [-0.05, 0) is 23.7 Å². The smallest absolute Gasteiger partial charge is 0.209 e. The summed E-state index contributed by atoms with van der Waals surface area (Å²) in [6.07, 6.45) is 1.14. The van der Waals surface area contributed by atoms with Gasteiger partial charge in [-0.2, -0.15) is 0 Å². The first kappa shape index (κ1) is 20.3. The van der Waals surface area contributed by atoms with Gasteiger partial charge in [0.05, 0.1) is 18.9 Å². The zero-order valence-corrected chi connectivity index (χ0v) is 16.8. The van der Waals surface area contributed by atoms with Crippen molar-refractivity contribution in [1.82, 2.24) is 4.72 Å². The van der Waals surface area contributed by atoms with Crippen molar-refractivity contribution in [2.45, 2.75) is 51.0 Å². The number of benzene rings is 1. The van der Waals surface area contributed by atoms with Gasteiger partial charge in [-0.1, -0.05) is 51.1 Å². The molecule has 132 valence electrons. The first-order valence-corrected chi connectivity index (χ1v) is 12.6. The lowest BCUT2D eigenvalue weighted by Crippen LogP contribution is -2.48. The summed E-state index contributed by atoms with van der Waals surface area (Å²) >= 11 is 0. The molecule has 7 heteroatoms. The Morgan fingerprint density at radius 2 is 1.74 bits per heavy atom. The molecule has 0 aliphatic rings. The Balaban J connectivity index is 2.91. The molecule has 0 saturated carbocycles. The van der Waals surface area contributed by atoms with E-state index in [1.165, 1.54) is 0 Å². The van der Waals surface area contributed by atoms with Crippen LogP contribution in [0.3, 0.4) is 0 Å². The second kappa shape index (κ2) is 7.44. The van der Waals surface area contributed by atoms with Crippen molar-refractivity contribution in [3.8, 4) is 0 Å². The lowest BCUT2D eigenvalue weighted by Gasteiger charge is -2.37. The minimum Gasteiger partial charge on any atom is -0.415 e. The number of hydrogen-bond acceptors (Lipinski definition) is 4. The molecule has 23 heavy (non-hydrogen) atoms. The van der Waals surface area contributed by atoms with Crippen molar-refractivity contribution in [3.63, 3.8) is 0 Å². The van der Waals surface area contributed by atoms with Gasteiger partial charge in [-0.15, -0.1) is 0 Å². The van der Waals surface area contributed by atoms with Crippen LogP contribution in [0.15, 0.2) is 30.3 Å². The van der Waals surface area contributed by atoms with Crippen LogP contribution in [0.5, 0.6) is 0 Å². The molecule has 0 heterocycles. The summed E-state index contributed by atoms with van der Waals surface area (Å²) in [5, 5.41) is 0.0826. The molecule has 0 radical (unpaired) electrons. The van der Waals surface area contributed by atoms with Gasteiger partial charge in [0.25, 0.3) is 0 Å². The summed E-state index contributed by atoms with van der Waals surface area (Å²) in [4.78, 5) is 0. The van der Waals surface area contributed by atoms with E-state index < -0.39 is 30.4 Å². The lowest BCUT2D eigenvalue weighted by atomic mass is 10.0. The average molecular weight is 359 g/mol. The van der Waals surface area contributed by atoms with Gasteiger partial charge in [0.2, 0.25) is 10.0 Å². The maximum atomic E-state index is 11.7. The van der Waals surface area contributed by atoms with E-state index in [0.29, 0.717) is 6.61 Å². The summed E-state index contributed by atoms with van der Waals surface area (Å²) in [6, 6.07) is 8.40. The quantitative estimate of drug-likeness (QED) is 0.734. The Morgan fingerprint density at radius 3 is 2.17 bits per heavy atom. The molecule has 5 nitrogen and oxygen atoms in total. The van der Waals surface area contributed by atoms with Crippen molar-refractivity contribution in [2.75, 3.05) is 12.9 Å². The van der Waals surface area contributed by atoms with Crippen LogP contribution in [-0.2, 0) is 14.4 Å². The van der Waals surface area contributed by atoms with Crippen molar-refractivity contribution < 1.29 is 12.8 Å². The summed E-state index contributed by atoms with van der Waals surface area (Å²) in [6.45, 7) is 11.1. The lowest BCUT2D eigenvalue weighted by molar-refractivity contribution is 0.244. The number of nitrogens with two attached hydrogens (primary N) is 1. The van der Waals surface area contributed by atoms with E-state index in [0.717, 1.165) is 11.8 Å². The van der Waals surface area contributed by atoms with E-state index in [-0.39, 0.29) is 5.04 Å². The van der Waals surface area contributed by atoms with E-state index in [4.69, 9.17) is 10.2 Å². The second-order valence-electron chi connectivity index (χ2n) is 7.51. The van der Waals surface area contributed by atoms with E-state index >= 15 is 0 Å². The molecule has 1 aromatic rings. The zero-order valence-electron chi connectivity index (χ0n) is 15.0. The first-order valence-electron chi connectivity index (χ1n) is 7.75. The highest BCUT2D eigenvalue weighted by Crippen LogP contribution is 2.36. The normalized spacial score (nSPS) is 16.1. The fourth-order valence-corrected chi connectivity index (χ4v) is 3.73. The maximum Gasteiger partial charge on any atom is 0.209 e. The van der Waals surface area contributed by atoms with Gasteiger partial charge in [0.15, 0.2) is 8.32 Å². The molecule has 0 bridgehead atoms. The third-order valence-electron chi connectivity index (χ3n) is 4.37. The van der Waals surface area contributed by atoms with Gasteiger partial charge >= 0.3 is 0 Å². The Kier molecular flexibility index (Phi) is 6.57. The molecule has 0 aliphatic carbocycles. The van der Waals surface area contributed by atoms with Gasteiger partial charge in [0.1, 0.15) is 0 Å². The fourth-order valence-electron chi connectivity index (χ4n) is 1.91. The molecular formula is C16H30N2O3SSi. The molecule has 1 aromatic carbocycles. The summed E-state index contributed by atoms with van der Waals surface area (Å²) in [5.74, 6) is 0. The van der Waals surface area contributed by atoms with Crippen LogP contribution >= 0.6 is 0 Å². The van der Waals surface area contributed by atoms with Crippen LogP contribution in [0.25, 0.3) is 0 Å². The number of sulfonamides is 1. The highest BCUT2D eigenvalue weighted by Gasteiger charge is 2.38. The summed E-state index contributed by atoms with van der Waals surface area (Å²) in [7, 11) is -5.30. The van der Waals surface area contributed by atoms with Gasteiger partial charge in [0, 0.05) is 6.04 Å². The Hall–Kier alpha value is -0.733. The molecule has 1 rings (SSSR count). The van der Waals surface area contributed by atoms with Crippen LogP contribution in [0.1, 0.15) is 32.4 Å². The van der Waals surface area contributed by atoms with Crippen molar-refractivity contribution in [1.29, 1.82) is 0 Å². The molecule has 3 N–H and O–H groups in total. The minimum absolute atomic E-state index is 0.0826. The topological polar surface area (TPSA) is 81.4 Å². The Morgan fingerprint density at radius 1 is 1.22 bits per heavy atom. The fraction of sp³-hybridized carbons (Fsp3) is 0.625. The molecule has 0 spiro atoms. The van der Waals surface area contributed by atoms with Gasteiger partial charge in [-0.25, -0.2) is 13.1 Å². The third-order valence-corrected chi connectivity index (χ3v) is 9.55. The average Bonchev–Trinajstić information content (AvgIpc) is 2.41. The predicted molar refractivity (Wildman–Crippen MR) is 98.3 cm³/mol. The third kappa shape index (κ3) is 6.35. The van der Waals surface area contributed by atoms with Crippen LogP contribution in [0.4, 0.5) is 0 Å². The van der Waals surface area contributed by atoms with E-state index in [9.17, 15) is 8.42 Å². The molecule has 2 atom stereocenters. The SMILES string of the molecule is CC(C)(C)[Si](C)(C)OC[C@@H](N)[C@@H](NS(C)(=O)=O)c1ccccc1.